The van der Waals surface area contributed by atoms with E-state index < -0.39 is 6.10 Å². The molecule has 1 fully saturated rings. The molecule has 5 nitrogen and oxygen atoms in total. The molecule has 2 rings (SSSR count). The van der Waals surface area contributed by atoms with E-state index in [-0.39, 0.29) is 5.91 Å². The molecule has 0 aromatic heterocycles. The zero-order valence-electron chi connectivity index (χ0n) is 15.5. The minimum Gasteiger partial charge on any atom is -0.396 e. The van der Waals surface area contributed by atoms with Crippen LogP contribution in [0, 0.1) is 5.92 Å². The van der Waals surface area contributed by atoms with Crippen LogP contribution in [0.3, 0.4) is 0 Å². The van der Waals surface area contributed by atoms with Gasteiger partial charge in [-0.15, -0.1) is 0 Å². The van der Waals surface area contributed by atoms with E-state index in [1.807, 2.05) is 0 Å². The Hall–Kier alpha value is -1.59. The van der Waals surface area contributed by atoms with Crippen LogP contribution in [-0.2, 0) is 16.1 Å². The molecule has 2 N–H and O–H groups in total. The summed E-state index contributed by atoms with van der Waals surface area (Å²) in [5.41, 5.74) is 2.30. The number of anilines is 1. The number of carbonyl (C=O) groups excluding carboxylic acids is 1. The van der Waals surface area contributed by atoms with E-state index in [1.54, 1.807) is 6.92 Å². The summed E-state index contributed by atoms with van der Waals surface area (Å²) in [5, 5.41) is 12.2. The van der Waals surface area contributed by atoms with Crippen LogP contribution < -0.4 is 10.2 Å². The lowest BCUT2D eigenvalue weighted by Crippen LogP contribution is -2.35. The molecule has 25 heavy (non-hydrogen) atoms. The number of benzene rings is 1. The van der Waals surface area contributed by atoms with Crippen molar-refractivity contribution in [2.75, 3.05) is 31.2 Å². The maximum absolute atomic E-state index is 12.0. The number of hydrogen-bond donors (Lipinski definition) is 2. The van der Waals surface area contributed by atoms with Crippen LogP contribution in [0.15, 0.2) is 24.3 Å². The normalized spacial score (nSPS) is 16.7. The number of rotatable bonds is 9. The highest BCUT2D eigenvalue weighted by Crippen LogP contribution is 2.23. The number of carbonyl (C=O) groups is 1. The second kappa shape index (κ2) is 10.4. The van der Waals surface area contributed by atoms with E-state index in [4.69, 9.17) is 4.74 Å². The fourth-order valence-corrected chi connectivity index (χ4v) is 3.01. The summed E-state index contributed by atoms with van der Waals surface area (Å²) in [6.07, 6.45) is 3.74. The second-order valence-corrected chi connectivity index (χ2v) is 6.86. The molecule has 0 radical (unpaired) electrons. The summed E-state index contributed by atoms with van der Waals surface area (Å²) in [6, 6.07) is 8.36. The summed E-state index contributed by atoms with van der Waals surface area (Å²) in [7, 11) is 0. The van der Waals surface area contributed by atoms with Crippen LogP contribution in [0.1, 0.15) is 45.1 Å². The summed E-state index contributed by atoms with van der Waals surface area (Å²) in [6.45, 7) is 7.34. The highest BCUT2D eigenvalue weighted by atomic mass is 16.5. The van der Waals surface area contributed by atoms with Crippen LogP contribution in [0.5, 0.6) is 0 Å². The van der Waals surface area contributed by atoms with Gasteiger partial charge < -0.3 is 20.1 Å². The molecule has 1 aromatic rings. The van der Waals surface area contributed by atoms with Crippen molar-refractivity contribution in [3.8, 4) is 0 Å². The Bertz CT molecular complexity index is 510. The van der Waals surface area contributed by atoms with Crippen LogP contribution in [0.2, 0.25) is 0 Å². The van der Waals surface area contributed by atoms with E-state index >= 15 is 0 Å². The summed E-state index contributed by atoms with van der Waals surface area (Å²) < 4.78 is 5.51. The van der Waals surface area contributed by atoms with Crippen LogP contribution in [0.25, 0.3) is 0 Å². The maximum atomic E-state index is 12.0. The van der Waals surface area contributed by atoms with Gasteiger partial charge in [0.05, 0.1) is 0 Å². The van der Waals surface area contributed by atoms with Gasteiger partial charge in [0.2, 0.25) is 5.91 Å². The highest BCUT2D eigenvalue weighted by Gasteiger charge is 2.18. The SMILES string of the molecule is CCCCOC(C)C(=O)NCc1ccc(N2CCC(CO)CC2)cc1. The van der Waals surface area contributed by atoms with Gasteiger partial charge in [-0.3, -0.25) is 4.79 Å². The molecule has 0 aliphatic carbocycles. The number of ether oxygens (including phenoxy) is 1. The van der Waals surface area contributed by atoms with Gasteiger partial charge in [-0.05, 0) is 49.8 Å². The van der Waals surface area contributed by atoms with Crippen molar-refractivity contribution in [1.82, 2.24) is 5.32 Å². The molecule has 1 aliphatic heterocycles. The van der Waals surface area contributed by atoms with E-state index in [2.05, 4.69) is 41.4 Å². The second-order valence-electron chi connectivity index (χ2n) is 6.86. The predicted octanol–water partition coefficient (Wildman–Crippen LogP) is 2.72. The number of unbranched alkanes of at least 4 members (excludes halogenated alkanes) is 1. The van der Waals surface area contributed by atoms with Crippen molar-refractivity contribution in [3.05, 3.63) is 29.8 Å². The van der Waals surface area contributed by atoms with Gasteiger partial charge in [0.1, 0.15) is 6.10 Å². The summed E-state index contributed by atoms with van der Waals surface area (Å²) in [5.74, 6) is 0.388. The van der Waals surface area contributed by atoms with Gasteiger partial charge >= 0.3 is 0 Å². The molecule has 1 aromatic carbocycles. The van der Waals surface area contributed by atoms with E-state index in [0.717, 1.165) is 44.3 Å². The zero-order valence-corrected chi connectivity index (χ0v) is 15.5. The van der Waals surface area contributed by atoms with Gasteiger partial charge in [-0.2, -0.15) is 0 Å². The summed E-state index contributed by atoms with van der Waals surface area (Å²) in [4.78, 5) is 14.4. The maximum Gasteiger partial charge on any atom is 0.249 e. The number of nitrogens with one attached hydrogen (secondary N) is 1. The molecule has 0 bridgehead atoms. The van der Waals surface area contributed by atoms with E-state index in [1.165, 1.54) is 5.69 Å². The summed E-state index contributed by atoms with van der Waals surface area (Å²) >= 11 is 0. The molecule has 5 heteroatoms. The lowest BCUT2D eigenvalue weighted by atomic mass is 9.97. The quantitative estimate of drug-likeness (QED) is 0.674. The third-order valence-corrected chi connectivity index (χ3v) is 4.88. The first-order chi connectivity index (χ1) is 12.1. The predicted molar refractivity (Wildman–Crippen MR) is 101 cm³/mol. The Morgan fingerprint density at radius 1 is 1.32 bits per heavy atom. The van der Waals surface area contributed by atoms with Crippen molar-refractivity contribution in [2.24, 2.45) is 5.92 Å². The van der Waals surface area contributed by atoms with Crippen molar-refractivity contribution in [2.45, 2.75) is 52.2 Å². The van der Waals surface area contributed by atoms with Crippen molar-refractivity contribution >= 4 is 11.6 Å². The lowest BCUT2D eigenvalue weighted by molar-refractivity contribution is -0.131. The van der Waals surface area contributed by atoms with Crippen LogP contribution in [0.4, 0.5) is 5.69 Å². The highest BCUT2D eigenvalue weighted by molar-refractivity contribution is 5.80. The standard InChI is InChI=1S/C20H32N2O3/c1-3-4-13-25-16(2)20(24)21-14-17-5-7-19(8-6-17)22-11-9-18(15-23)10-12-22/h5-8,16,18,23H,3-4,9-15H2,1-2H3,(H,21,24). The molecule has 1 heterocycles. The average molecular weight is 348 g/mol. The fraction of sp³-hybridized carbons (Fsp3) is 0.650. The van der Waals surface area contributed by atoms with Crippen LogP contribution >= 0.6 is 0 Å². The first-order valence-electron chi connectivity index (χ1n) is 9.48. The number of aliphatic hydroxyl groups is 1. The first kappa shape index (κ1) is 19.7. The van der Waals surface area contributed by atoms with Crippen molar-refractivity contribution < 1.29 is 14.6 Å². The minimum atomic E-state index is -0.404. The Morgan fingerprint density at radius 2 is 2.00 bits per heavy atom. The molecular formula is C20H32N2O3. The van der Waals surface area contributed by atoms with Gasteiger partial charge in [0.25, 0.3) is 0 Å². The minimum absolute atomic E-state index is 0.0637. The number of nitrogens with zero attached hydrogens (tertiary/aromatic N) is 1. The van der Waals surface area contributed by atoms with E-state index in [9.17, 15) is 9.90 Å². The number of hydrogen-bond acceptors (Lipinski definition) is 4. The third-order valence-electron chi connectivity index (χ3n) is 4.88. The third kappa shape index (κ3) is 6.33. The van der Waals surface area contributed by atoms with Crippen molar-refractivity contribution in [3.63, 3.8) is 0 Å². The van der Waals surface area contributed by atoms with Gasteiger partial charge in [0.15, 0.2) is 0 Å². The molecule has 1 aliphatic rings. The smallest absolute Gasteiger partial charge is 0.249 e. The lowest BCUT2D eigenvalue weighted by Gasteiger charge is -2.33. The topological polar surface area (TPSA) is 61.8 Å². The average Bonchev–Trinajstić information content (AvgIpc) is 2.66. The monoisotopic (exact) mass is 348 g/mol. The number of aliphatic hydroxyl groups excluding tert-OH is 1. The fourth-order valence-electron chi connectivity index (χ4n) is 3.01. The van der Waals surface area contributed by atoms with Crippen LogP contribution in [-0.4, -0.2) is 43.4 Å². The first-order valence-corrected chi connectivity index (χ1v) is 9.48. The molecule has 0 saturated carbocycles. The number of amides is 1. The van der Waals surface area contributed by atoms with Gasteiger partial charge in [-0.1, -0.05) is 25.5 Å². The Labute approximate surface area is 151 Å². The number of piperidine rings is 1. The van der Waals surface area contributed by atoms with E-state index in [0.29, 0.717) is 25.7 Å². The molecule has 1 saturated heterocycles. The van der Waals surface area contributed by atoms with Crippen molar-refractivity contribution in [1.29, 1.82) is 0 Å². The molecule has 1 atom stereocenters. The Kier molecular flexibility index (Phi) is 8.22. The van der Waals surface area contributed by atoms with Gasteiger partial charge in [0, 0.05) is 38.5 Å². The van der Waals surface area contributed by atoms with Gasteiger partial charge in [-0.25, -0.2) is 0 Å². The Balaban J connectivity index is 1.75. The molecule has 1 amide bonds. The zero-order chi connectivity index (χ0) is 18.1. The molecular weight excluding hydrogens is 316 g/mol. The molecule has 1 unspecified atom stereocenters. The molecule has 140 valence electrons. The largest absolute Gasteiger partial charge is 0.396 e. The molecule has 0 spiro atoms. The Morgan fingerprint density at radius 3 is 2.60 bits per heavy atom.